The zero-order valence-corrected chi connectivity index (χ0v) is 13.6. The third-order valence-electron chi connectivity index (χ3n) is 4.34. The van der Waals surface area contributed by atoms with E-state index in [2.05, 4.69) is 9.88 Å². The number of hydrogen-bond acceptors (Lipinski definition) is 4. The SMILES string of the molecule is O=C(NCC(F)(F)F)[C@H]1CCCN(Cc2nc3c(s2)CCC3)C1. The van der Waals surface area contributed by atoms with Crippen molar-refractivity contribution in [2.75, 3.05) is 19.6 Å². The molecule has 23 heavy (non-hydrogen) atoms. The van der Waals surface area contributed by atoms with Gasteiger partial charge in [-0.15, -0.1) is 11.3 Å². The summed E-state index contributed by atoms with van der Waals surface area (Å²) in [5.74, 6) is -0.855. The molecule has 128 valence electrons. The maximum atomic E-state index is 12.2. The standard InChI is InChI=1S/C15H20F3N3OS/c16-15(17,18)9-19-14(22)10-3-2-6-21(7-10)8-13-20-11-4-1-5-12(11)23-13/h10H,1-9H2,(H,19,22)/t10-/m0/s1. The van der Waals surface area contributed by atoms with Crippen molar-refractivity contribution in [2.45, 2.75) is 44.8 Å². The summed E-state index contributed by atoms with van der Waals surface area (Å²) < 4.78 is 36.6. The molecular weight excluding hydrogens is 327 g/mol. The fraction of sp³-hybridized carbons (Fsp3) is 0.733. The number of likely N-dealkylation sites (tertiary alicyclic amines) is 1. The zero-order valence-electron chi connectivity index (χ0n) is 12.8. The average Bonchev–Trinajstić information content (AvgIpc) is 3.05. The summed E-state index contributed by atoms with van der Waals surface area (Å²) in [6.07, 6.45) is 0.457. The van der Waals surface area contributed by atoms with Crippen LogP contribution < -0.4 is 5.32 Å². The van der Waals surface area contributed by atoms with Crippen LogP contribution in [-0.4, -0.2) is 41.6 Å². The normalized spacial score (nSPS) is 22.1. The smallest absolute Gasteiger partial charge is 0.347 e. The molecule has 2 aliphatic rings. The molecule has 1 N–H and O–H groups in total. The molecule has 1 saturated heterocycles. The average molecular weight is 347 g/mol. The molecule has 8 heteroatoms. The van der Waals surface area contributed by atoms with Gasteiger partial charge in [0.2, 0.25) is 5.91 Å². The number of halogens is 3. The first-order chi connectivity index (χ1) is 10.9. The maximum absolute atomic E-state index is 12.2. The van der Waals surface area contributed by atoms with Gasteiger partial charge in [0.15, 0.2) is 0 Å². The number of carbonyl (C=O) groups excluding carboxylic acids is 1. The molecule has 0 unspecified atom stereocenters. The monoisotopic (exact) mass is 347 g/mol. The minimum atomic E-state index is -4.36. The predicted molar refractivity (Wildman–Crippen MR) is 81.2 cm³/mol. The van der Waals surface area contributed by atoms with E-state index in [4.69, 9.17) is 0 Å². The second-order valence-electron chi connectivity index (χ2n) is 6.24. The summed E-state index contributed by atoms with van der Waals surface area (Å²) in [4.78, 5) is 20.1. The Morgan fingerprint density at radius 2 is 2.17 bits per heavy atom. The van der Waals surface area contributed by atoms with Gasteiger partial charge in [-0.05, 0) is 38.6 Å². The molecule has 0 aromatic carbocycles. The number of nitrogens with one attached hydrogen (secondary N) is 1. The first-order valence-corrected chi connectivity index (χ1v) is 8.76. The number of aryl methyl sites for hydroxylation is 2. The van der Waals surface area contributed by atoms with Crippen LogP contribution in [0, 0.1) is 5.92 Å². The molecule has 0 saturated carbocycles. The van der Waals surface area contributed by atoms with Crippen molar-refractivity contribution in [3.05, 3.63) is 15.6 Å². The minimum Gasteiger partial charge on any atom is -0.347 e. The molecule has 1 aliphatic carbocycles. The molecule has 4 nitrogen and oxygen atoms in total. The van der Waals surface area contributed by atoms with E-state index >= 15 is 0 Å². The van der Waals surface area contributed by atoms with Crippen molar-refractivity contribution in [2.24, 2.45) is 5.92 Å². The lowest BCUT2D eigenvalue weighted by atomic mass is 9.97. The molecule has 2 heterocycles. The third kappa shape index (κ3) is 4.44. The highest BCUT2D eigenvalue weighted by Crippen LogP contribution is 2.29. The van der Waals surface area contributed by atoms with Gasteiger partial charge < -0.3 is 5.32 Å². The summed E-state index contributed by atoms with van der Waals surface area (Å²) in [7, 11) is 0. The van der Waals surface area contributed by atoms with Crippen LogP contribution in [0.15, 0.2) is 0 Å². The van der Waals surface area contributed by atoms with Gasteiger partial charge in [-0.1, -0.05) is 0 Å². The van der Waals surface area contributed by atoms with E-state index < -0.39 is 18.6 Å². The number of amides is 1. The molecule has 1 aromatic rings. The van der Waals surface area contributed by atoms with Gasteiger partial charge in [-0.3, -0.25) is 9.69 Å². The van der Waals surface area contributed by atoms with Crippen LogP contribution in [0.1, 0.15) is 34.8 Å². The van der Waals surface area contributed by atoms with Gasteiger partial charge in [-0.2, -0.15) is 13.2 Å². The van der Waals surface area contributed by atoms with Crippen molar-refractivity contribution in [3.8, 4) is 0 Å². The van der Waals surface area contributed by atoms with Gasteiger partial charge in [-0.25, -0.2) is 4.98 Å². The van der Waals surface area contributed by atoms with E-state index in [9.17, 15) is 18.0 Å². The Morgan fingerprint density at radius 3 is 2.91 bits per heavy atom. The Labute approximate surface area is 137 Å². The lowest BCUT2D eigenvalue weighted by Crippen LogP contribution is -2.44. The van der Waals surface area contributed by atoms with Gasteiger partial charge in [0, 0.05) is 11.4 Å². The molecule has 0 spiro atoms. The summed E-state index contributed by atoms with van der Waals surface area (Å²) in [5.41, 5.74) is 1.21. The van der Waals surface area contributed by atoms with Gasteiger partial charge >= 0.3 is 6.18 Å². The molecule has 1 aromatic heterocycles. The van der Waals surface area contributed by atoms with Crippen LogP contribution in [0.2, 0.25) is 0 Å². The van der Waals surface area contributed by atoms with E-state index in [1.165, 1.54) is 17.0 Å². The number of thiazole rings is 1. The second-order valence-corrected chi connectivity index (χ2v) is 7.41. The fourth-order valence-electron chi connectivity index (χ4n) is 3.25. The van der Waals surface area contributed by atoms with Crippen molar-refractivity contribution >= 4 is 17.2 Å². The number of hydrogen-bond donors (Lipinski definition) is 1. The molecule has 1 amide bonds. The molecule has 1 atom stereocenters. The van der Waals surface area contributed by atoms with E-state index in [-0.39, 0.29) is 5.92 Å². The molecule has 3 rings (SSSR count). The van der Waals surface area contributed by atoms with Crippen molar-refractivity contribution in [1.29, 1.82) is 0 Å². The van der Waals surface area contributed by atoms with Gasteiger partial charge in [0.05, 0.1) is 18.2 Å². The molecule has 1 aliphatic heterocycles. The summed E-state index contributed by atoms with van der Waals surface area (Å²) in [5, 5.41) is 3.07. The van der Waals surface area contributed by atoms with Gasteiger partial charge in [0.1, 0.15) is 11.6 Å². The van der Waals surface area contributed by atoms with E-state index in [0.29, 0.717) is 19.5 Å². The number of piperidine rings is 1. The van der Waals surface area contributed by atoms with E-state index in [0.717, 1.165) is 30.8 Å². The van der Waals surface area contributed by atoms with E-state index in [1.807, 2.05) is 5.32 Å². The van der Waals surface area contributed by atoms with E-state index in [1.54, 1.807) is 11.3 Å². The Balaban J connectivity index is 1.52. The number of carbonyl (C=O) groups is 1. The van der Waals surface area contributed by atoms with Crippen LogP contribution in [-0.2, 0) is 24.2 Å². The largest absolute Gasteiger partial charge is 0.405 e. The number of nitrogens with zero attached hydrogens (tertiary/aromatic N) is 2. The lowest BCUT2D eigenvalue weighted by Gasteiger charge is -2.31. The van der Waals surface area contributed by atoms with Gasteiger partial charge in [0.25, 0.3) is 0 Å². The first kappa shape index (κ1) is 16.7. The van der Waals surface area contributed by atoms with Crippen LogP contribution in [0.5, 0.6) is 0 Å². The molecule has 0 bridgehead atoms. The molecular formula is C15H20F3N3OS. The first-order valence-electron chi connectivity index (χ1n) is 7.95. The predicted octanol–water partition coefficient (Wildman–Crippen LogP) is 2.52. The Bertz CT molecular complexity index is 551. The van der Waals surface area contributed by atoms with Crippen LogP contribution in [0.3, 0.4) is 0 Å². The highest BCUT2D eigenvalue weighted by atomic mass is 32.1. The number of rotatable bonds is 4. The molecule has 0 radical (unpaired) electrons. The lowest BCUT2D eigenvalue weighted by molar-refractivity contribution is -0.141. The zero-order chi connectivity index (χ0) is 16.4. The second kappa shape index (κ2) is 6.76. The quantitative estimate of drug-likeness (QED) is 0.910. The Hall–Kier alpha value is -1.15. The maximum Gasteiger partial charge on any atom is 0.405 e. The summed E-state index contributed by atoms with van der Waals surface area (Å²) in [6, 6.07) is 0. The Morgan fingerprint density at radius 1 is 1.35 bits per heavy atom. The minimum absolute atomic E-state index is 0.363. The summed E-state index contributed by atoms with van der Waals surface area (Å²) >= 11 is 1.74. The van der Waals surface area contributed by atoms with Crippen LogP contribution in [0.25, 0.3) is 0 Å². The van der Waals surface area contributed by atoms with Crippen molar-refractivity contribution in [1.82, 2.24) is 15.2 Å². The highest BCUT2D eigenvalue weighted by molar-refractivity contribution is 7.11. The fourth-order valence-corrected chi connectivity index (χ4v) is 4.45. The summed E-state index contributed by atoms with van der Waals surface area (Å²) in [6.45, 7) is 0.823. The topological polar surface area (TPSA) is 45.2 Å². The molecule has 1 fully saturated rings. The third-order valence-corrected chi connectivity index (χ3v) is 5.48. The van der Waals surface area contributed by atoms with Crippen molar-refractivity contribution < 1.29 is 18.0 Å². The van der Waals surface area contributed by atoms with Crippen LogP contribution >= 0.6 is 11.3 Å². The Kier molecular flexibility index (Phi) is 4.91. The highest BCUT2D eigenvalue weighted by Gasteiger charge is 2.31. The number of fused-ring (bicyclic) bond motifs is 1. The number of aromatic nitrogens is 1. The van der Waals surface area contributed by atoms with Crippen molar-refractivity contribution in [3.63, 3.8) is 0 Å². The number of alkyl halides is 3. The van der Waals surface area contributed by atoms with Crippen LogP contribution in [0.4, 0.5) is 13.2 Å².